The van der Waals surface area contributed by atoms with Crippen molar-refractivity contribution in [2.45, 2.75) is 25.2 Å². The van der Waals surface area contributed by atoms with Crippen molar-refractivity contribution < 1.29 is 13.3 Å². The maximum Gasteiger partial charge on any atom is 0.291 e. The summed E-state index contributed by atoms with van der Waals surface area (Å²) in [5.74, 6) is 0.280. The van der Waals surface area contributed by atoms with Gasteiger partial charge < -0.3 is 5.32 Å². The highest BCUT2D eigenvalue weighted by Gasteiger charge is 2.45. The summed E-state index contributed by atoms with van der Waals surface area (Å²) in [7, 11) is -2.27. The molecule has 0 amide bonds. The molecule has 1 atom stereocenters. The number of nitro groups is 1. The Morgan fingerprint density at radius 3 is 2.52 bits per heavy atom. The summed E-state index contributed by atoms with van der Waals surface area (Å²) < 4.78 is 27.0. The normalized spacial score (nSPS) is 20.0. The van der Waals surface area contributed by atoms with E-state index in [0.717, 1.165) is 6.42 Å². The molecule has 116 valence electrons. The van der Waals surface area contributed by atoms with Crippen LogP contribution in [0.15, 0.2) is 23.1 Å². The molecule has 0 bridgehead atoms. The summed E-state index contributed by atoms with van der Waals surface area (Å²) in [6.45, 7) is 4.44. The number of hydrogen-bond acceptors (Lipinski definition) is 5. The van der Waals surface area contributed by atoms with Crippen LogP contribution in [-0.4, -0.2) is 26.9 Å². The van der Waals surface area contributed by atoms with E-state index >= 15 is 0 Å². The van der Waals surface area contributed by atoms with Crippen LogP contribution >= 0.6 is 0 Å². The van der Waals surface area contributed by atoms with Crippen LogP contribution in [0.5, 0.6) is 0 Å². The van der Waals surface area contributed by atoms with E-state index in [4.69, 9.17) is 0 Å². The molecule has 7 nitrogen and oxygen atoms in total. The molecular formula is C13H19N3O4S. The van der Waals surface area contributed by atoms with Gasteiger partial charge in [0.05, 0.1) is 4.92 Å². The molecule has 0 aliphatic heterocycles. The molecule has 2 rings (SSSR count). The largest absolute Gasteiger partial charge is 0.388 e. The van der Waals surface area contributed by atoms with Gasteiger partial charge in [0.2, 0.25) is 10.0 Å². The molecule has 1 unspecified atom stereocenters. The fourth-order valence-corrected chi connectivity index (χ4v) is 3.49. The minimum absolute atomic E-state index is 0.143. The van der Waals surface area contributed by atoms with E-state index in [1.165, 1.54) is 18.2 Å². The average Bonchev–Trinajstić information content (AvgIpc) is 3.03. The minimum atomic E-state index is -3.89. The zero-order chi connectivity index (χ0) is 15.8. The monoisotopic (exact) mass is 313 g/mol. The van der Waals surface area contributed by atoms with E-state index in [0.29, 0.717) is 12.2 Å². The molecule has 0 aromatic heterocycles. The molecule has 1 saturated carbocycles. The number of nitrogens with zero attached hydrogens (tertiary/aromatic N) is 1. The Hall–Kier alpha value is -1.67. The molecule has 1 fully saturated rings. The molecule has 0 spiro atoms. The number of rotatable bonds is 6. The van der Waals surface area contributed by atoms with E-state index in [1.807, 2.05) is 0 Å². The van der Waals surface area contributed by atoms with Crippen LogP contribution in [0.25, 0.3) is 0 Å². The second-order valence-electron chi connectivity index (χ2n) is 5.93. The van der Waals surface area contributed by atoms with Crippen molar-refractivity contribution in [3.8, 4) is 0 Å². The Morgan fingerprint density at radius 2 is 2.05 bits per heavy atom. The van der Waals surface area contributed by atoms with Gasteiger partial charge in [0, 0.05) is 25.3 Å². The van der Waals surface area contributed by atoms with Crippen molar-refractivity contribution in [3.63, 3.8) is 0 Å². The van der Waals surface area contributed by atoms with Gasteiger partial charge in [-0.3, -0.25) is 10.1 Å². The first kappa shape index (κ1) is 15.7. The Bertz CT molecular complexity index is 670. The van der Waals surface area contributed by atoms with Gasteiger partial charge in [-0.1, -0.05) is 13.8 Å². The van der Waals surface area contributed by atoms with Crippen LogP contribution in [0, 0.1) is 21.4 Å². The summed E-state index contributed by atoms with van der Waals surface area (Å²) in [5.41, 5.74) is 0.207. The molecule has 1 aromatic rings. The number of hydrogen-bond donors (Lipinski definition) is 2. The lowest BCUT2D eigenvalue weighted by Crippen LogP contribution is -2.27. The average molecular weight is 313 g/mol. The Balaban J connectivity index is 2.25. The molecule has 1 aliphatic carbocycles. The summed E-state index contributed by atoms with van der Waals surface area (Å²) >= 11 is 0. The van der Waals surface area contributed by atoms with Gasteiger partial charge in [-0.2, -0.15) is 0 Å². The predicted octanol–water partition coefficient (Wildman–Crippen LogP) is 1.96. The van der Waals surface area contributed by atoms with Crippen LogP contribution in [0.4, 0.5) is 11.4 Å². The zero-order valence-corrected chi connectivity index (χ0v) is 13.0. The molecule has 0 saturated heterocycles. The molecule has 21 heavy (non-hydrogen) atoms. The number of sulfonamides is 1. The topological polar surface area (TPSA) is 101 Å². The van der Waals surface area contributed by atoms with Crippen molar-refractivity contribution in [1.82, 2.24) is 4.72 Å². The van der Waals surface area contributed by atoms with Crippen LogP contribution in [0.2, 0.25) is 0 Å². The van der Waals surface area contributed by atoms with Crippen LogP contribution < -0.4 is 10.0 Å². The van der Waals surface area contributed by atoms with E-state index in [2.05, 4.69) is 23.9 Å². The highest BCUT2D eigenvalue weighted by molar-refractivity contribution is 7.89. The van der Waals surface area contributed by atoms with E-state index in [-0.39, 0.29) is 16.2 Å². The molecule has 1 aromatic carbocycles. The Labute approximate surface area is 123 Å². The van der Waals surface area contributed by atoms with Crippen molar-refractivity contribution in [2.24, 2.45) is 11.3 Å². The molecular weight excluding hydrogens is 294 g/mol. The SMILES string of the molecule is CNc1ccc(S(=O)(=O)NCC2CC2(C)C)c([N+](=O)[O-])c1. The number of nitro benzene ring substituents is 1. The van der Waals surface area contributed by atoms with E-state index < -0.39 is 20.6 Å². The van der Waals surface area contributed by atoms with Gasteiger partial charge >= 0.3 is 0 Å². The quantitative estimate of drug-likeness (QED) is 0.617. The lowest BCUT2D eigenvalue weighted by Gasteiger charge is -2.09. The lowest BCUT2D eigenvalue weighted by molar-refractivity contribution is -0.387. The Morgan fingerprint density at radius 1 is 1.43 bits per heavy atom. The van der Waals surface area contributed by atoms with Gasteiger partial charge in [0.25, 0.3) is 5.69 Å². The van der Waals surface area contributed by atoms with Gasteiger partial charge in [-0.05, 0) is 29.9 Å². The highest BCUT2D eigenvalue weighted by atomic mass is 32.2. The van der Waals surface area contributed by atoms with Crippen LogP contribution in [-0.2, 0) is 10.0 Å². The third-order valence-electron chi connectivity index (χ3n) is 3.97. The maximum atomic E-state index is 12.3. The van der Waals surface area contributed by atoms with Gasteiger partial charge in [0.15, 0.2) is 4.90 Å². The predicted molar refractivity (Wildman–Crippen MR) is 79.7 cm³/mol. The summed E-state index contributed by atoms with van der Waals surface area (Å²) in [6.07, 6.45) is 0.955. The fraction of sp³-hybridized carbons (Fsp3) is 0.538. The first-order chi connectivity index (χ1) is 9.67. The smallest absolute Gasteiger partial charge is 0.291 e. The molecule has 0 heterocycles. The standard InChI is InChI=1S/C13H19N3O4S/c1-13(2)7-9(13)8-15-21(19,20)12-5-4-10(14-3)6-11(12)16(17)18/h4-6,9,14-15H,7-8H2,1-3H3. The summed E-state index contributed by atoms with van der Waals surface area (Å²) in [5, 5.41) is 13.8. The third-order valence-corrected chi connectivity index (χ3v) is 5.44. The van der Waals surface area contributed by atoms with Crippen molar-refractivity contribution in [3.05, 3.63) is 28.3 Å². The highest BCUT2D eigenvalue weighted by Crippen LogP contribution is 2.51. The number of benzene rings is 1. The molecule has 1 aliphatic rings. The molecule has 8 heteroatoms. The molecule has 2 N–H and O–H groups in total. The second kappa shape index (κ2) is 5.27. The van der Waals surface area contributed by atoms with Crippen LogP contribution in [0.1, 0.15) is 20.3 Å². The van der Waals surface area contributed by atoms with Gasteiger partial charge in [-0.15, -0.1) is 0 Å². The summed E-state index contributed by atoms with van der Waals surface area (Å²) in [4.78, 5) is 10.1. The first-order valence-corrected chi connectivity index (χ1v) is 8.11. The maximum absolute atomic E-state index is 12.3. The van der Waals surface area contributed by atoms with Gasteiger partial charge in [0.1, 0.15) is 0 Å². The second-order valence-corrected chi connectivity index (χ2v) is 7.67. The van der Waals surface area contributed by atoms with Crippen molar-refractivity contribution in [1.29, 1.82) is 0 Å². The zero-order valence-electron chi connectivity index (χ0n) is 12.2. The number of anilines is 1. The number of nitrogens with one attached hydrogen (secondary N) is 2. The van der Waals surface area contributed by atoms with Crippen molar-refractivity contribution >= 4 is 21.4 Å². The molecule has 0 radical (unpaired) electrons. The van der Waals surface area contributed by atoms with E-state index in [1.54, 1.807) is 7.05 Å². The van der Waals surface area contributed by atoms with E-state index in [9.17, 15) is 18.5 Å². The fourth-order valence-electron chi connectivity index (χ4n) is 2.26. The van der Waals surface area contributed by atoms with Crippen molar-refractivity contribution in [2.75, 3.05) is 18.9 Å². The Kier molecular flexibility index (Phi) is 3.94. The van der Waals surface area contributed by atoms with Gasteiger partial charge in [-0.25, -0.2) is 13.1 Å². The minimum Gasteiger partial charge on any atom is -0.388 e. The van der Waals surface area contributed by atoms with Crippen LogP contribution in [0.3, 0.4) is 0 Å². The lowest BCUT2D eigenvalue weighted by atomic mass is 10.1. The third kappa shape index (κ3) is 3.33. The first-order valence-electron chi connectivity index (χ1n) is 6.63. The summed E-state index contributed by atoms with van der Waals surface area (Å²) in [6, 6.07) is 3.97.